The molecule has 2 amide bonds. The molecule has 0 unspecified atom stereocenters. The Hall–Kier alpha value is -2.63. The number of aromatic nitrogens is 2. The van der Waals surface area contributed by atoms with Gasteiger partial charge in [-0.25, -0.2) is 4.79 Å². The van der Waals surface area contributed by atoms with E-state index >= 15 is 0 Å². The van der Waals surface area contributed by atoms with Gasteiger partial charge in [0.1, 0.15) is 0 Å². The second kappa shape index (κ2) is 8.37. The van der Waals surface area contributed by atoms with E-state index in [1.165, 1.54) is 0 Å². The van der Waals surface area contributed by atoms with Crippen LogP contribution >= 0.6 is 0 Å². The number of benzene rings is 1. The molecule has 27 heavy (non-hydrogen) atoms. The minimum atomic E-state index is -0.0378. The van der Waals surface area contributed by atoms with Crippen molar-refractivity contribution in [2.45, 2.75) is 39.0 Å². The minimum Gasteiger partial charge on any atom is -0.476 e. The third-order valence-electron chi connectivity index (χ3n) is 4.80. The van der Waals surface area contributed by atoms with Crippen LogP contribution in [-0.2, 0) is 5.41 Å². The number of hydrogen-bond acceptors (Lipinski definition) is 4. The lowest BCUT2D eigenvalue weighted by Gasteiger charge is -2.31. The van der Waals surface area contributed by atoms with Crippen LogP contribution in [0.4, 0.5) is 10.5 Å². The van der Waals surface area contributed by atoms with Crippen LogP contribution in [0.15, 0.2) is 42.5 Å². The summed E-state index contributed by atoms with van der Waals surface area (Å²) >= 11 is 0. The van der Waals surface area contributed by atoms with E-state index in [-0.39, 0.29) is 11.4 Å². The number of hydrogen-bond donors (Lipinski definition) is 1. The van der Waals surface area contributed by atoms with Crippen LogP contribution in [0.2, 0.25) is 0 Å². The monoisotopic (exact) mass is 368 g/mol. The maximum Gasteiger partial charge on any atom is 0.321 e. The molecule has 0 spiro atoms. The van der Waals surface area contributed by atoms with Crippen molar-refractivity contribution in [3.8, 4) is 5.88 Å². The van der Waals surface area contributed by atoms with Crippen molar-refractivity contribution in [2.75, 3.05) is 25.0 Å². The lowest BCUT2D eigenvalue weighted by atomic mass is 9.92. The quantitative estimate of drug-likeness (QED) is 0.882. The number of ether oxygens (including phenoxy) is 1. The van der Waals surface area contributed by atoms with Gasteiger partial charge in [-0.3, -0.25) is 0 Å². The summed E-state index contributed by atoms with van der Waals surface area (Å²) in [6, 6.07) is 13.4. The smallest absolute Gasteiger partial charge is 0.321 e. The average molecular weight is 368 g/mol. The molecular formula is C21H28N4O2. The van der Waals surface area contributed by atoms with Crippen molar-refractivity contribution in [1.82, 2.24) is 15.1 Å². The predicted octanol–water partition coefficient (Wildman–Crippen LogP) is 4.10. The number of carbonyl (C=O) groups is 1. The Labute approximate surface area is 160 Å². The highest BCUT2D eigenvalue weighted by atomic mass is 16.5. The van der Waals surface area contributed by atoms with Crippen molar-refractivity contribution in [3.63, 3.8) is 0 Å². The summed E-state index contributed by atoms with van der Waals surface area (Å²) < 4.78 is 5.81. The molecule has 6 heteroatoms. The first kappa shape index (κ1) is 19.1. The number of amides is 2. The highest BCUT2D eigenvalue weighted by molar-refractivity contribution is 5.89. The van der Waals surface area contributed by atoms with Gasteiger partial charge in [-0.05, 0) is 37.0 Å². The van der Waals surface area contributed by atoms with Crippen LogP contribution in [0.25, 0.3) is 0 Å². The van der Waals surface area contributed by atoms with Gasteiger partial charge in [0.15, 0.2) is 0 Å². The first-order valence-corrected chi connectivity index (χ1v) is 9.50. The number of piperidine rings is 1. The highest BCUT2D eigenvalue weighted by Gasteiger charge is 2.23. The van der Waals surface area contributed by atoms with E-state index in [2.05, 4.69) is 36.3 Å². The fourth-order valence-corrected chi connectivity index (χ4v) is 3.03. The maximum absolute atomic E-state index is 12.3. The van der Waals surface area contributed by atoms with Gasteiger partial charge in [0.2, 0.25) is 5.88 Å². The molecular weight excluding hydrogens is 340 g/mol. The molecule has 1 fully saturated rings. The van der Waals surface area contributed by atoms with E-state index in [9.17, 15) is 4.79 Å². The molecule has 2 heterocycles. The molecule has 1 N–H and O–H groups in total. The second-order valence-corrected chi connectivity index (χ2v) is 8.04. The molecule has 6 nitrogen and oxygen atoms in total. The summed E-state index contributed by atoms with van der Waals surface area (Å²) in [5.41, 5.74) is 1.76. The van der Waals surface area contributed by atoms with Gasteiger partial charge in [0, 0.05) is 30.3 Å². The lowest BCUT2D eigenvalue weighted by molar-refractivity contribution is 0.150. The van der Waals surface area contributed by atoms with Crippen molar-refractivity contribution in [1.29, 1.82) is 0 Å². The second-order valence-electron chi connectivity index (χ2n) is 8.04. The molecule has 3 rings (SSSR count). The Morgan fingerprint density at radius 2 is 1.81 bits per heavy atom. The number of carbonyl (C=O) groups excluding carboxylic acids is 1. The standard InChI is InChI=1S/C21H28N4O2/c1-21(2,3)18-9-10-19(24-23-18)27-15-16-11-13-25(14-12-16)20(26)22-17-7-5-4-6-8-17/h4-10,16H,11-15H2,1-3H3,(H,22,26). The molecule has 1 aromatic carbocycles. The molecule has 0 atom stereocenters. The third-order valence-corrected chi connectivity index (χ3v) is 4.80. The normalized spacial score (nSPS) is 15.4. The van der Waals surface area contributed by atoms with Crippen LogP contribution in [0.1, 0.15) is 39.3 Å². The van der Waals surface area contributed by atoms with Crippen molar-refractivity contribution in [2.24, 2.45) is 5.92 Å². The van der Waals surface area contributed by atoms with Crippen molar-refractivity contribution < 1.29 is 9.53 Å². The largest absolute Gasteiger partial charge is 0.476 e. The number of likely N-dealkylation sites (tertiary alicyclic amines) is 1. The Morgan fingerprint density at radius 3 is 2.41 bits per heavy atom. The SMILES string of the molecule is CC(C)(C)c1ccc(OCC2CCN(C(=O)Nc3ccccc3)CC2)nn1. The summed E-state index contributed by atoms with van der Waals surface area (Å²) in [7, 11) is 0. The molecule has 144 valence electrons. The molecule has 1 aliphatic heterocycles. The van der Waals surface area contributed by atoms with Crippen LogP contribution in [-0.4, -0.2) is 40.8 Å². The summed E-state index contributed by atoms with van der Waals surface area (Å²) in [5, 5.41) is 11.4. The van der Waals surface area contributed by atoms with Gasteiger partial charge >= 0.3 is 6.03 Å². The van der Waals surface area contributed by atoms with E-state index in [1.54, 1.807) is 0 Å². The summed E-state index contributed by atoms with van der Waals surface area (Å²) in [6.07, 6.45) is 1.85. The first-order chi connectivity index (χ1) is 12.9. The Balaban J connectivity index is 1.42. The van der Waals surface area contributed by atoms with E-state index in [1.807, 2.05) is 47.4 Å². The fraction of sp³-hybridized carbons (Fsp3) is 0.476. The molecule has 1 aliphatic rings. The molecule has 0 radical (unpaired) electrons. The van der Waals surface area contributed by atoms with Gasteiger partial charge in [-0.1, -0.05) is 39.0 Å². The van der Waals surface area contributed by atoms with E-state index in [0.717, 1.165) is 37.3 Å². The summed E-state index contributed by atoms with van der Waals surface area (Å²) in [4.78, 5) is 14.2. The predicted molar refractivity (Wildman–Crippen MR) is 106 cm³/mol. The zero-order valence-electron chi connectivity index (χ0n) is 16.3. The van der Waals surface area contributed by atoms with Gasteiger partial charge in [-0.2, -0.15) is 5.10 Å². The Morgan fingerprint density at radius 1 is 1.11 bits per heavy atom. The molecule has 1 aromatic heterocycles. The van der Waals surface area contributed by atoms with Gasteiger partial charge in [-0.15, -0.1) is 5.10 Å². The minimum absolute atomic E-state index is 0.0152. The number of nitrogens with zero attached hydrogens (tertiary/aromatic N) is 3. The van der Waals surface area contributed by atoms with Gasteiger partial charge in [0.05, 0.1) is 12.3 Å². The molecule has 0 aliphatic carbocycles. The van der Waals surface area contributed by atoms with E-state index in [4.69, 9.17) is 4.74 Å². The van der Waals surface area contributed by atoms with Crippen molar-refractivity contribution in [3.05, 3.63) is 48.2 Å². The van der Waals surface area contributed by atoms with Gasteiger partial charge < -0.3 is 15.0 Å². The molecule has 2 aromatic rings. The number of rotatable bonds is 4. The van der Waals surface area contributed by atoms with Crippen LogP contribution in [0, 0.1) is 5.92 Å². The van der Waals surface area contributed by atoms with Crippen LogP contribution in [0.5, 0.6) is 5.88 Å². The summed E-state index contributed by atoms with van der Waals surface area (Å²) in [5.74, 6) is 0.988. The number of urea groups is 1. The van der Waals surface area contributed by atoms with E-state index in [0.29, 0.717) is 18.4 Å². The number of para-hydroxylation sites is 1. The van der Waals surface area contributed by atoms with Crippen LogP contribution in [0.3, 0.4) is 0 Å². The zero-order chi connectivity index (χ0) is 19.3. The summed E-state index contributed by atoms with van der Waals surface area (Å²) in [6.45, 7) is 8.41. The molecule has 0 bridgehead atoms. The fourth-order valence-electron chi connectivity index (χ4n) is 3.03. The van der Waals surface area contributed by atoms with Crippen LogP contribution < -0.4 is 10.1 Å². The van der Waals surface area contributed by atoms with E-state index < -0.39 is 0 Å². The maximum atomic E-state index is 12.3. The molecule has 1 saturated heterocycles. The average Bonchev–Trinajstić information content (AvgIpc) is 2.67. The highest BCUT2D eigenvalue weighted by Crippen LogP contribution is 2.22. The van der Waals surface area contributed by atoms with Gasteiger partial charge in [0.25, 0.3) is 0 Å². The topological polar surface area (TPSA) is 67.3 Å². The zero-order valence-corrected chi connectivity index (χ0v) is 16.3. The lowest BCUT2D eigenvalue weighted by Crippen LogP contribution is -2.42. The number of anilines is 1. The Bertz CT molecular complexity index is 733. The Kier molecular flexibility index (Phi) is 5.94. The first-order valence-electron chi connectivity index (χ1n) is 9.50. The van der Waals surface area contributed by atoms with Crippen molar-refractivity contribution >= 4 is 11.7 Å². The molecule has 0 saturated carbocycles. The third kappa shape index (κ3) is 5.42. The number of nitrogens with one attached hydrogen (secondary N) is 1.